The van der Waals surface area contributed by atoms with Crippen molar-refractivity contribution in [2.24, 2.45) is 0 Å². The van der Waals surface area contributed by atoms with Crippen molar-refractivity contribution in [3.05, 3.63) is 63.7 Å². The molecule has 3 N–H and O–H groups in total. The minimum Gasteiger partial charge on any atom is -0.478 e. The zero-order valence-corrected chi connectivity index (χ0v) is 13.1. The molecule has 0 unspecified atom stereocenters. The first-order valence-corrected chi connectivity index (χ1v) is 7.98. The number of sulfonamides is 1. The Morgan fingerprint density at radius 2 is 1.64 bits per heavy atom. The molecule has 25 heavy (non-hydrogen) atoms. The molecular weight excluding hydrogens is 356 g/mol. The van der Waals surface area contributed by atoms with Crippen molar-refractivity contribution in [3.63, 3.8) is 0 Å². The van der Waals surface area contributed by atoms with Gasteiger partial charge in [0.2, 0.25) is 0 Å². The summed E-state index contributed by atoms with van der Waals surface area (Å²) in [5.74, 6) is -3.13. The van der Waals surface area contributed by atoms with E-state index < -0.39 is 42.9 Å². The van der Waals surface area contributed by atoms with Crippen LogP contribution in [-0.2, 0) is 10.0 Å². The predicted octanol–water partition coefficient (Wildman–Crippen LogP) is 1.79. The molecule has 0 saturated heterocycles. The minimum atomic E-state index is -4.28. The van der Waals surface area contributed by atoms with Gasteiger partial charge in [-0.1, -0.05) is 6.07 Å². The second kappa shape index (κ2) is 6.57. The van der Waals surface area contributed by atoms with Crippen molar-refractivity contribution < 1.29 is 33.1 Å². The fraction of sp³-hybridized carbons (Fsp3) is 0. The zero-order valence-electron chi connectivity index (χ0n) is 12.2. The molecule has 0 aliphatic heterocycles. The maximum atomic E-state index is 12.3. The fourth-order valence-corrected chi connectivity index (χ4v) is 3.03. The summed E-state index contributed by atoms with van der Waals surface area (Å²) in [4.78, 5) is 31.6. The number of nitrogens with one attached hydrogen (secondary N) is 1. The summed E-state index contributed by atoms with van der Waals surface area (Å²) in [6, 6.07) is 7.18. The Kier molecular flexibility index (Phi) is 4.70. The summed E-state index contributed by atoms with van der Waals surface area (Å²) in [6.45, 7) is 0. The Morgan fingerprint density at radius 3 is 2.20 bits per heavy atom. The highest BCUT2D eigenvalue weighted by atomic mass is 32.2. The van der Waals surface area contributed by atoms with E-state index in [0.717, 1.165) is 18.2 Å². The third-order valence-electron chi connectivity index (χ3n) is 3.07. The van der Waals surface area contributed by atoms with E-state index in [1.807, 2.05) is 0 Å². The van der Waals surface area contributed by atoms with Crippen molar-refractivity contribution in [1.82, 2.24) is 0 Å². The largest absolute Gasteiger partial charge is 0.478 e. The minimum absolute atomic E-state index is 0.103. The summed E-state index contributed by atoms with van der Waals surface area (Å²) in [5, 5.41) is 28.7. The third-order valence-corrected chi connectivity index (χ3v) is 4.45. The van der Waals surface area contributed by atoms with Gasteiger partial charge in [0, 0.05) is 12.1 Å². The standard InChI is InChI=1S/C14H10N2O8S/c17-13(18)11-5-4-10(7-12(11)14(19)20)25(23,24)15-8-2-1-3-9(6-8)16(21)22/h1-7,15H,(H,17,18)(H,19,20). The molecule has 0 aliphatic rings. The Hall–Kier alpha value is -3.47. The molecule has 0 atom stereocenters. The van der Waals surface area contributed by atoms with Crippen LogP contribution in [0.5, 0.6) is 0 Å². The van der Waals surface area contributed by atoms with Crippen LogP contribution in [0.15, 0.2) is 47.4 Å². The van der Waals surface area contributed by atoms with Gasteiger partial charge < -0.3 is 10.2 Å². The second-order valence-electron chi connectivity index (χ2n) is 4.73. The number of nitro benzene ring substituents is 1. The van der Waals surface area contributed by atoms with Crippen molar-refractivity contribution >= 4 is 33.3 Å². The van der Waals surface area contributed by atoms with Crippen LogP contribution in [0, 0.1) is 10.1 Å². The maximum absolute atomic E-state index is 12.3. The number of benzene rings is 2. The van der Waals surface area contributed by atoms with E-state index in [-0.39, 0.29) is 11.4 Å². The summed E-state index contributed by atoms with van der Waals surface area (Å²) in [7, 11) is -4.28. The maximum Gasteiger partial charge on any atom is 0.336 e. The van der Waals surface area contributed by atoms with Crippen LogP contribution >= 0.6 is 0 Å². The molecule has 11 heteroatoms. The van der Waals surface area contributed by atoms with Crippen LogP contribution in [-0.4, -0.2) is 35.5 Å². The summed E-state index contributed by atoms with van der Waals surface area (Å²) in [5.41, 5.74) is -1.71. The van der Waals surface area contributed by atoms with Crippen LogP contribution in [0.3, 0.4) is 0 Å². The molecule has 10 nitrogen and oxygen atoms in total. The molecule has 0 amide bonds. The lowest BCUT2D eigenvalue weighted by Crippen LogP contribution is -2.15. The smallest absolute Gasteiger partial charge is 0.336 e. The van der Waals surface area contributed by atoms with Gasteiger partial charge in [-0.15, -0.1) is 0 Å². The first kappa shape index (κ1) is 17.9. The quantitative estimate of drug-likeness (QED) is 0.514. The molecule has 0 fully saturated rings. The molecule has 130 valence electrons. The Morgan fingerprint density at radius 1 is 1.00 bits per heavy atom. The number of anilines is 1. The topological polar surface area (TPSA) is 164 Å². The van der Waals surface area contributed by atoms with Crippen molar-refractivity contribution in [3.8, 4) is 0 Å². The van der Waals surface area contributed by atoms with Crippen molar-refractivity contribution in [2.45, 2.75) is 4.90 Å². The number of carbonyl (C=O) groups is 2. The number of carboxylic acids is 2. The summed E-state index contributed by atoms with van der Waals surface area (Å²) in [6.07, 6.45) is 0. The number of carboxylic acid groups (broad SMARTS) is 2. The average Bonchev–Trinajstić information content (AvgIpc) is 2.53. The number of aromatic carboxylic acids is 2. The second-order valence-corrected chi connectivity index (χ2v) is 6.41. The van der Waals surface area contributed by atoms with Crippen LogP contribution in [0.2, 0.25) is 0 Å². The first-order valence-electron chi connectivity index (χ1n) is 6.50. The number of nitro groups is 1. The van der Waals surface area contributed by atoms with E-state index in [9.17, 15) is 28.1 Å². The first-order chi connectivity index (χ1) is 11.6. The van der Waals surface area contributed by atoms with Gasteiger partial charge in [-0.25, -0.2) is 18.0 Å². The molecule has 0 saturated carbocycles. The Balaban J connectivity index is 2.45. The molecule has 2 aromatic rings. The lowest BCUT2D eigenvalue weighted by Gasteiger charge is -2.10. The number of non-ortho nitro benzene ring substituents is 1. The Labute approximate surface area is 140 Å². The van der Waals surface area contributed by atoms with Gasteiger partial charge in [0.25, 0.3) is 15.7 Å². The van der Waals surface area contributed by atoms with Gasteiger partial charge in [-0.05, 0) is 24.3 Å². The van der Waals surface area contributed by atoms with Crippen LogP contribution < -0.4 is 4.72 Å². The number of hydrogen-bond acceptors (Lipinski definition) is 6. The molecule has 0 spiro atoms. The highest BCUT2D eigenvalue weighted by Gasteiger charge is 2.22. The van der Waals surface area contributed by atoms with Crippen molar-refractivity contribution in [1.29, 1.82) is 0 Å². The van der Waals surface area contributed by atoms with Gasteiger partial charge in [-0.2, -0.15) is 0 Å². The highest BCUT2D eigenvalue weighted by molar-refractivity contribution is 7.92. The van der Waals surface area contributed by atoms with E-state index in [4.69, 9.17) is 10.2 Å². The molecule has 2 aromatic carbocycles. The normalized spacial score (nSPS) is 10.9. The molecular formula is C14H10N2O8S. The molecule has 0 heterocycles. The van der Waals surface area contributed by atoms with Gasteiger partial charge >= 0.3 is 11.9 Å². The van der Waals surface area contributed by atoms with Gasteiger partial charge in [0.15, 0.2) is 0 Å². The lowest BCUT2D eigenvalue weighted by molar-refractivity contribution is -0.384. The van der Waals surface area contributed by atoms with E-state index in [0.29, 0.717) is 6.07 Å². The SMILES string of the molecule is O=C(O)c1ccc(S(=O)(=O)Nc2cccc([N+](=O)[O-])c2)cc1C(=O)O. The zero-order chi connectivity index (χ0) is 18.8. The van der Waals surface area contributed by atoms with Crippen LogP contribution in [0.1, 0.15) is 20.7 Å². The Bertz CT molecular complexity index is 984. The van der Waals surface area contributed by atoms with Gasteiger partial charge in [0.1, 0.15) is 0 Å². The van der Waals surface area contributed by atoms with Crippen LogP contribution in [0.4, 0.5) is 11.4 Å². The van der Waals surface area contributed by atoms with E-state index in [2.05, 4.69) is 4.72 Å². The van der Waals surface area contributed by atoms with E-state index in [1.165, 1.54) is 18.2 Å². The van der Waals surface area contributed by atoms with Crippen molar-refractivity contribution in [2.75, 3.05) is 4.72 Å². The summed E-state index contributed by atoms with van der Waals surface area (Å²) >= 11 is 0. The average molecular weight is 366 g/mol. The number of rotatable bonds is 6. The van der Waals surface area contributed by atoms with Crippen LogP contribution in [0.25, 0.3) is 0 Å². The number of nitrogens with zero attached hydrogens (tertiary/aromatic N) is 1. The fourth-order valence-electron chi connectivity index (χ4n) is 1.95. The molecule has 2 rings (SSSR count). The molecule has 0 aromatic heterocycles. The molecule has 0 radical (unpaired) electrons. The third kappa shape index (κ3) is 3.90. The summed E-state index contributed by atoms with van der Waals surface area (Å²) < 4.78 is 26.7. The predicted molar refractivity (Wildman–Crippen MR) is 84.3 cm³/mol. The monoisotopic (exact) mass is 366 g/mol. The highest BCUT2D eigenvalue weighted by Crippen LogP contribution is 2.22. The molecule has 0 bridgehead atoms. The van der Waals surface area contributed by atoms with Gasteiger partial charge in [0.05, 0.1) is 26.6 Å². The van der Waals surface area contributed by atoms with E-state index >= 15 is 0 Å². The molecule has 0 aliphatic carbocycles. The lowest BCUT2D eigenvalue weighted by atomic mass is 10.1. The number of hydrogen-bond donors (Lipinski definition) is 3. The van der Waals surface area contributed by atoms with Gasteiger partial charge in [-0.3, -0.25) is 14.8 Å². The van der Waals surface area contributed by atoms with E-state index in [1.54, 1.807) is 0 Å².